The minimum Gasteiger partial charge on any atom is -0.314 e. The summed E-state index contributed by atoms with van der Waals surface area (Å²) in [6.45, 7) is 12.3. The molecule has 0 aromatic carbocycles. The number of nitrogens with one attached hydrogen (secondary N) is 1. The van der Waals surface area contributed by atoms with Crippen LogP contribution in [0, 0.1) is 0 Å². The van der Waals surface area contributed by atoms with E-state index < -0.39 is 0 Å². The summed E-state index contributed by atoms with van der Waals surface area (Å²) in [6.07, 6.45) is 1.25. The Kier molecular flexibility index (Phi) is 16.2. The molecular formula is C9H25N3. The lowest BCUT2D eigenvalue weighted by atomic mass is 10.4. The Labute approximate surface area is 77.3 Å². The lowest BCUT2D eigenvalue weighted by molar-refractivity contribution is 0.248. The third-order valence-electron chi connectivity index (χ3n) is 1.15. The molecule has 0 radical (unpaired) electrons. The molecule has 0 aromatic rings. The number of nitrogens with two attached hydrogens (primary N) is 1. The molecule has 0 bridgehead atoms. The first-order valence-electron chi connectivity index (χ1n) is 5.01. The van der Waals surface area contributed by atoms with Crippen LogP contribution in [0.5, 0.6) is 0 Å². The van der Waals surface area contributed by atoms with E-state index in [1.807, 2.05) is 18.9 Å². The fourth-order valence-electron chi connectivity index (χ4n) is 0.682. The van der Waals surface area contributed by atoms with E-state index in [4.69, 9.17) is 5.84 Å². The maximum atomic E-state index is 5.43. The zero-order valence-corrected chi connectivity index (χ0v) is 9.06. The molecule has 0 atom stereocenters. The van der Waals surface area contributed by atoms with Crippen molar-refractivity contribution in [1.82, 2.24) is 10.3 Å². The van der Waals surface area contributed by atoms with E-state index >= 15 is 0 Å². The summed E-state index contributed by atoms with van der Waals surface area (Å²) in [6, 6.07) is 0. The van der Waals surface area contributed by atoms with Gasteiger partial charge in [0.2, 0.25) is 0 Å². The smallest absolute Gasteiger partial charge is 0.0254 e. The predicted molar refractivity (Wildman–Crippen MR) is 55.9 cm³/mol. The van der Waals surface area contributed by atoms with Crippen molar-refractivity contribution in [3.63, 3.8) is 0 Å². The van der Waals surface area contributed by atoms with Crippen LogP contribution < -0.4 is 11.2 Å². The lowest BCUT2D eigenvalue weighted by Crippen LogP contribution is -2.47. The second kappa shape index (κ2) is 13.5. The van der Waals surface area contributed by atoms with Crippen molar-refractivity contribution in [1.29, 1.82) is 0 Å². The van der Waals surface area contributed by atoms with Crippen LogP contribution in [-0.2, 0) is 0 Å². The highest BCUT2D eigenvalue weighted by molar-refractivity contribution is 4.60. The topological polar surface area (TPSA) is 41.3 Å². The van der Waals surface area contributed by atoms with Crippen molar-refractivity contribution in [2.24, 2.45) is 5.84 Å². The molecule has 3 N–H and O–H groups in total. The Balaban J connectivity index is 0. The van der Waals surface area contributed by atoms with Crippen molar-refractivity contribution in [2.75, 3.05) is 26.2 Å². The minimum atomic E-state index is 0.986. The standard InChI is InChI=1S/C4H11N3.C3H8.C2H6/c5-7-3-1-6-2-4-7;1-3-2;1-2/h6H,1-5H2;3H2,1-2H3;1-2H3. The quantitative estimate of drug-likeness (QED) is 0.544. The summed E-state index contributed by atoms with van der Waals surface area (Å²) >= 11 is 0. The van der Waals surface area contributed by atoms with Crippen LogP contribution in [0.25, 0.3) is 0 Å². The highest BCUT2D eigenvalue weighted by Gasteiger charge is 2.01. The molecule has 1 rings (SSSR count). The van der Waals surface area contributed by atoms with E-state index in [0.29, 0.717) is 0 Å². The molecule has 0 spiro atoms. The molecule has 12 heavy (non-hydrogen) atoms. The van der Waals surface area contributed by atoms with Gasteiger partial charge in [-0.1, -0.05) is 34.1 Å². The fraction of sp³-hybridized carbons (Fsp3) is 1.00. The van der Waals surface area contributed by atoms with Crippen molar-refractivity contribution < 1.29 is 0 Å². The zero-order valence-electron chi connectivity index (χ0n) is 9.06. The summed E-state index contributed by atoms with van der Waals surface area (Å²) < 4.78 is 0. The van der Waals surface area contributed by atoms with Crippen LogP contribution in [0.4, 0.5) is 0 Å². The van der Waals surface area contributed by atoms with E-state index in [1.165, 1.54) is 6.42 Å². The van der Waals surface area contributed by atoms with Crippen molar-refractivity contribution >= 4 is 0 Å². The summed E-state index contributed by atoms with van der Waals surface area (Å²) in [5.74, 6) is 5.43. The molecule has 0 aliphatic carbocycles. The van der Waals surface area contributed by atoms with Crippen LogP contribution in [-0.4, -0.2) is 31.2 Å². The van der Waals surface area contributed by atoms with Crippen molar-refractivity contribution in [2.45, 2.75) is 34.1 Å². The summed E-state index contributed by atoms with van der Waals surface area (Å²) in [5.41, 5.74) is 0. The van der Waals surface area contributed by atoms with Gasteiger partial charge in [0.25, 0.3) is 0 Å². The summed E-state index contributed by atoms with van der Waals surface area (Å²) in [7, 11) is 0. The van der Waals surface area contributed by atoms with Gasteiger partial charge >= 0.3 is 0 Å². The van der Waals surface area contributed by atoms with E-state index in [1.54, 1.807) is 0 Å². The van der Waals surface area contributed by atoms with E-state index in [0.717, 1.165) is 26.2 Å². The molecule has 3 nitrogen and oxygen atoms in total. The molecule has 0 saturated carbocycles. The highest BCUT2D eigenvalue weighted by atomic mass is 15.4. The van der Waals surface area contributed by atoms with E-state index in [-0.39, 0.29) is 0 Å². The number of rotatable bonds is 0. The molecule has 1 heterocycles. The van der Waals surface area contributed by atoms with Crippen molar-refractivity contribution in [3.8, 4) is 0 Å². The Morgan fingerprint density at radius 1 is 1.17 bits per heavy atom. The Morgan fingerprint density at radius 2 is 1.50 bits per heavy atom. The largest absolute Gasteiger partial charge is 0.314 e. The average molecular weight is 175 g/mol. The Morgan fingerprint density at radius 3 is 1.67 bits per heavy atom. The van der Waals surface area contributed by atoms with E-state index in [2.05, 4.69) is 19.2 Å². The van der Waals surface area contributed by atoms with Gasteiger partial charge in [0, 0.05) is 26.2 Å². The lowest BCUT2D eigenvalue weighted by Gasteiger charge is -2.21. The predicted octanol–water partition coefficient (Wildman–Crippen LogP) is 1.21. The van der Waals surface area contributed by atoms with Gasteiger partial charge in [-0.15, -0.1) is 0 Å². The molecular weight excluding hydrogens is 150 g/mol. The Bertz CT molecular complexity index is 60.8. The molecule has 0 amide bonds. The van der Waals surface area contributed by atoms with Gasteiger partial charge in [-0.3, -0.25) is 5.84 Å². The Hall–Kier alpha value is -0.120. The number of hydrazine groups is 1. The average Bonchev–Trinajstić information content (AvgIpc) is 2.11. The first kappa shape index (κ1) is 14.4. The molecule has 1 saturated heterocycles. The first-order chi connectivity index (χ1) is 5.81. The number of nitrogens with zero attached hydrogens (tertiary/aromatic N) is 1. The molecule has 1 aliphatic rings. The molecule has 0 unspecified atom stereocenters. The van der Waals surface area contributed by atoms with Crippen LogP contribution in [0.2, 0.25) is 0 Å². The van der Waals surface area contributed by atoms with Crippen LogP contribution >= 0.6 is 0 Å². The number of piperazine rings is 1. The first-order valence-corrected chi connectivity index (χ1v) is 5.01. The third-order valence-corrected chi connectivity index (χ3v) is 1.15. The van der Waals surface area contributed by atoms with Gasteiger partial charge in [-0.05, 0) is 0 Å². The van der Waals surface area contributed by atoms with Gasteiger partial charge in [-0.2, -0.15) is 0 Å². The summed E-state index contributed by atoms with van der Waals surface area (Å²) in [5, 5.41) is 5.02. The molecule has 1 aliphatic heterocycles. The maximum Gasteiger partial charge on any atom is 0.0254 e. The van der Waals surface area contributed by atoms with Crippen LogP contribution in [0.1, 0.15) is 34.1 Å². The monoisotopic (exact) mass is 175 g/mol. The van der Waals surface area contributed by atoms with Gasteiger partial charge in [0.05, 0.1) is 0 Å². The minimum absolute atomic E-state index is 0.986. The molecule has 0 aromatic heterocycles. The summed E-state index contributed by atoms with van der Waals surface area (Å²) in [4.78, 5) is 0. The normalized spacial score (nSPS) is 16.8. The highest BCUT2D eigenvalue weighted by Crippen LogP contribution is 1.79. The maximum absolute atomic E-state index is 5.43. The SMILES string of the molecule is CC.CCC.NN1CCNCC1. The zero-order chi connectivity index (χ0) is 9.82. The molecule has 1 fully saturated rings. The number of hydrogen-bond donors (Lipinski definition) is 2. The van der Waals surface area contributed by atoms with Crippen molar-refractivity contribution in [3.05, 3.63) is 0 Å². The second-order valence-corrected chi connectivity index (χ2v) is 2.49. The van der Waals surface area contributed by atoms with Gasteiger partial charge < -0.3 is 5.32 Å². The van der Waals surface area contributed by atoms with Gasteiger partial charge in [-0.25, -0.2) is 5.01 Å². The van der Waals surface area contributed by atoms with Crippen LogP contribution in [0.15, 0.2) is 0 Å². The third kappa shape index (κ3) is 12.5. The van der Waals surface area contributed by atoms with E-state index in [9.17, 15) is 0 Å². The number of hydrogen-bond acceptors (Lipinski definition) is 3. The van der Waals surface area contributed by atoms with Gasteiger partial charge in [0.15, 0.2) is 0 Å². The second-order valence-electron chi connectivity index (χ2n) is 2.49. The van der Waals surface area contributed by atoms with Crippen LogP contribution in [0.3, 0.4) is 0 Å². The fourth-order valence-corrected chi connectivity index (χ4v) is 0.682. The molecule has 76 valence electrons. The molecule has 3 heteroatoms. The van der Waals surface area contributed by atoms with Gasteiger partial charge in [0.1, 0.15) is 0 Å².